The molecular formula is C17H18FNO5S. The molecule has 0 heterocycles. The molecule has 0 radical (unpaired) electrons. The summed E-state index contributed by atoms with van der Waals surface area (Å²) in [6.07, 6.45) is 0. The molecule has 0 saturated carbocycles. The van der Waals surface area contributed by atoms with Crippen LogP contribution in [-0.2, 0) is 20.4 Å². The first-order valence-electron chi connectivity index (χ1n) is 7.30. The Morgan fingerprint density at radius 1 is 1.08 bits per heavy atom. The van der Waals surface area contributed by atoms with Gasteiger partial charge in [-0.2, -0.15) is 0 Å². The molecule has 8 heteroatoms. The minimum atomic E-state index is -3.73. The van der Waals surface area contributed by atoms with E-state index in [1.165, 1.54) is 38.5 Å². The molecule has 1 N–H and O–H groups in total. The van der Waals surface area contributed by atoms with Crippen LogP contribution in [0, 0.1) is 5.82 Å². The summed E-state index contributed by atoms with van der Waals surface area (Å²) in [5.74, 6) is -1.45. The number of nitrogens with one attached hydrogen (secondary N) is 1. The van der Waals surface area contributed by atoms with E-state index in [0.29, 0.717) is 22.7 Å². The van der Waals surface area contributed by atoms with Gasteiger partial charge in [0.15, 0.2) is 21.3 Å². The van der Waals surface area contributed by atoms with Gasteiger partial charge in [0, 0.05) is 11.8 Å². The third kappa shape index (κ3) is 5.46. The van der Waals surface area contributed by atoms with Crippen molar-refractivity contribution in [3.63, 3.8) is 0 Å². The molecule has 0 atom stereocenters. The topological polar surface area (TPSA) is 81.7 Å². The average molecular weight is 367 g/mol. The second-order valence-electron chi connectivity index (χ2n) is 5.28. The predicted molar refractivity (Wildman–Crippen MR) is 92.1 cm³/mol. The van der Waals surface area contributed by atoms with Crippen LogP contribution in [0.25, 0.3) is 0 Å². The minimum absolute atomic E-state index is 0.291. The lowest BCUT2D eigenvalue weighted by molar-refractivity contribution is -0.113. The van der Waals surface area contributed by atoms with Gasteiger partial charge in [-0.25, -0.2) is 12.8 Å². The van der Waals surface area contributed by atoms with Crippen LogP contribution in [0.5, 0.6) is 11.5 Å². The standard InChI is InChI=1S/C17H18FNO5S/c1-23-15-7-6-14(9-16(15)24-2)19-17(20)11-25(21,22)10-12-4-3-5-13(18)8-12/h3-9H,10-11H2,1-2H3,(H,19,20). The van der Waals surface area contributed by atoms with E-state index < -0.39 is 33.1 Å². The number of carbonyl (C=O) groups excluding carboxylic acids is 1. The summed E-state index contributed by atoms with van der Waals surface area (Å²) in [6, 6.07) is 9.95. The number of benzene rings is 2. The zero-order chi connectivity index (χ0) is 18.4. The highest BCUT2D eigenvalue weighted by Gasteiger charge is 2.18. The SMILES string of the molecule is COc1ccc(NC(=O)CS(=O)(=O)Cc2cccc(F)c2)cc1OC. The molecule has 25 heavy (non-hydrogen) atoms. The summed E-state index contributed by atoms with van der Waals surface area (Å²) in [4.78, 5) is 12.0. The van der Waals surface area contributed by atoms with Crippen LogP contribution in [0.2, 0.25) is 0 Å². The number of hydrogen-bond donors (Lipinski definition) is 1. The number of carbonyl (C=O) groups is 1. The Labute approximate surface area is 145 Å². The maximum Gasteiger partial charge on any atom is 0.239 e. The molecule has 0 unspecified atom stereocenters. The van der Waals surface area contributed by atoms with Crippen molar-refractivity contribution in [3.8, 4) is 11.5 Å². The minimum Gasteiger partial charge on any atom is -0.493 e. The molecule has 0 fully saturated rings. The molecule has 2 aromatic carbocycles. The van der Waals surface area contributed by atoms with Gasteiger partial charge in [0.05, 0.1) is 20.0 Å². The molecule has 0 aliphatic heterocycles. The molecule has 0 aliphatic rings. The molecule has 6 nitrogen and oxygen atoms in total. The van der Waals surface area contributed by atoms with Crippen LogP contribution in [0.4, 0.5) is 10.1 Å². The van der Waals surface area contributed by atoms with E-state index in [-0.39, 0.29) is 0 Å². The Morgan fingerprint density at radius 2 is 1.80 bits per heavy atom. The van der Waals surface area contributed by atoms with Gasteiger partial charge in [-0.15, -0.1) is 0 Å². The first-order chi connectivity index (χ1) is 11.8. The van der Waals surface area contributed by atoms with Crippen LogP contribution in [-0.4, -0.2) is 34.3 Å². The van der Waals surface area contributed by atoms with Gasteiger partial charge in [0.2, 0.25) is 5.91 Å². The summed E-state index contributed by atoms with van der Waals surface area (Å²) in [6.45, 7) is 0. The Morgan fingerprint density at radius 3 is 2.44 bits per heavy atom. The van der Waals surface area contributed by atoms with E-state index in [2.05, 4.69) is 5.32 Å². The Bertz CT molecular complexity index is 867. The number of methoxy groups -OCH3 is 2. The fourth-order valence-electron chi connectivity index (χ4n) is 2.24. The van der Waals surface area contributed by atoms with Crippen molar-refractivity contribution in [2.45, 2.75) is 5.75 Å². The van der Waals surface area contributed by atoms with Crippen molar-refractivity contribution in [3.05, 3.63) is 53.8 Å². The highest BCUT2D eigenvalue weighted by molar-refractivity contribution is 7.91. The zero-order valence-electron chi connectivity index (χ0n) is 13.8. The van der Waals surface area contributed by atoms with E-state index in [1.807, 2.05) is 0 Å². The second kappa shape index (κ2) is 7.98. The van der Waals surface area contributed by atoms with Crippen molar-refractivity contribution in [2.75, 3.05) is 25.3 Å². The van der Waals surface area contributed by atoms with Crippen LogP contribution in [0.3, 0.4) is 0 Å². The number of halogens is 1. The smallest absolute Gasteiger partial charge is 0.239 e. The molecule has 0 aliphatic carbocycles. The molecule has 0 bridgehead atoms. The Kier molecular flexibility index (Phi) is 5.97. The summed E-state index contributed by atoms with van der Waals surface area (Å²) < 4.78 is 47.6. The maximum absolute atomic E-state index is 13.1. The molecule has 2 rings (SSSR count). The molecule has 0 saturated heterocycles. The lowest BCUT2D eigenvalue weighted by Gasteiger charge is -2.11. The molecule has 134 valence electrons. The molecule has 2 aromatic rings. The highest BCUT2D eigenvalue weighted by Crippen LogP contribution is 2.29. The van der Waals surface area contributed by atoms with Crippen LogP contribution in [0.15, 0.2) is 42.5 Å². The normalized spacial score (nSPS) is 11.0. The van der Waals surface area contributed by atoms with Crippen LogP contribution in [0.1, 0.15) is 5.56 Å². The van der Waals surface area contributed by atoms with Gasteiger partial charge in [0.25, 0.3) is 0 Å². The fraction of sp³-hybridized carbons (Fsp3) is 0.235. The number of hydrogen-bond acceptors (Lipinski definition) is 5. The van der Waals surface area contributed by atoms with Crippen LogP contribution < -0.4 is 14.8 Å². The Hall–Kier alpha value is -2.61. The first kappa shape index (κ1) is 18.7. The van der Waals surface area contributed by atoms with Crippen molar-refractivity contribution < 1.29 is 27.1 Å². The fourth-order valence-corrected chi connectivity index (χ4v) is 3.50. The third-order valence-corrected chi connectivity index (χ3v) is 4.77. The lowest BCUT2D eigenvalue weighted by Crippen LogP contribution is -2.24. The van der Waals surface area contributed by atoms with Crippen molar-refractivity contribution in [1.29, 1.82) is 0 Å². The van der Waals surface area contributed by atoms with E-state index in [4.69, 9.17) is 9.47 Å². The average Bonchev–Trinajstić information content (AvgIpc) is 2.53. The number of anilines is 1. The summed E-state index contributed by atoms with van der Waals surface area (Å²) in [5.41, 5.74) is 0.669. The van der Waals surface area contributed by atoms with Crippen molar-refractivity contribution in [2.24, 2.45) is 0 Å². The monoisotopic (exact) mass is 367 g/mol. The van der Waals surface area contributed by atoms with Gasteiger partial charge in [-0.3, -0.25) is 4.79 Å². The van der Waals surface area contributed by atoms with Crippen molar-refractivity contribution >= 4 is 21.4 Å². The molecule has 0 spiro atoms. The van der Waals surface area contributed by atoms with E-state index in [0.717, 1.165) is 6.07 Å². The van der Waals surface area contributed by atoms with E-state index in [9.17, 15) is 17.6 Å². The predicted octanol–water partition coefficient (Wildman–Crippen LogP) is 2.40. The van der Waals surface area contributed by atoms with Gasteiger partial charge in [-0.05, 0) is 29.8 Å². The summed E-state index contributed by atoms with van der Waals surface area (Å²) in [5, 5.41) is 2.49. The summed E-state index contributed by atoms with van der Waals surface area (Å²) >= 11 is 0. The lowest BCUT2D eigenvalue weighted by atomic mass is 10.2. The van der Waals surface area contributed by atoms with Gasteiger partial charge < -0.3 is 14.8 Å². The summed E-state index contributed by atoms with van der Waals surface area (Å²) in [7, 11) is -0.801. The van der Waals surface area contributed by atoms with Crippen LogP contribution >= 0.6 is 0 Å². The number of sulfone groups is 1. The number of amides is 1. The molecular weight excluding hydrogens is 349 g/mol. The Balaban J connectivity index is 2.04. The number of ether oxygens (including phenoxy) is 2. The first-order valence-corrected chi connectivity index (χ1v) is 9.12. The zero-order valence-corrected chi connectivity index (χ0v) is 14.6. The van der Waals surface area contributed by atoms with Gasteiger partial charge in [-0.1, -0.05) is 12.1 Å². The second-order valence-corrected chi connectivity index (χ2v) is 7.34. The molecule has 1 amide bonds. The highest BCUT2D eigenvalue weighted by atomic mass is 32.2. The number of rotatable bonds is 7. The molecule has 0 aromatic heterocycles. The van der Waals surface area contributed by atoms with Gasteiger partial charge in [0.1, 0.15) is 11.6 Å². The quantitative estimate of drug-likeness (QED) is 0.813. The van der Waals surface area contributed by atoms with E-state index in [1.54, 1.807) is 12.1 Å². The largest absolute Gasteiger partial charge is 0.493 e. The van der Waals surface area contributed by atoms with E-state index >= 15 is 0 Å². The van der Waals surface area contributed by atoms with Crippen molar-refractivity contribution in [1.82, 2.24) is 0 Å². The van der Waals surface area contributed by atoms with Gasteiger partial charge >= 0.3 is 0 Å². The third-order valence-electron chi connectivity index (χ3n) is 3.29. The maximum atomic E-state index is 13.1.